The summed E-state index contributed by atoms with van der Waals surface area (Å²) in [6.07, 6.45) is 1.09. The number of thiophene rings is 1. The van der Waals surface area contributed by atoms with Crippen LogP contribution >= 0.6 is 23.1 Å². The van der Waals surface area contributed by atoms with Crippen molar-refractivity contribution in [3.63, 3.8) is 0 Å². The molecule has 0 unspecified atom stereocenters. The monoisotopic (exact) mass is 403 g/mol. The van der Waals surface area contributed by atoms with Crippen molar-refractivity contribution in [3.05, 3.63) is 44.8 Å². The first-order valence-electron chi connectivity index (χ1n) is 9.06. The average Bonchev–Trinajstić information content (AvgIpc) is 3.19. The molecule has 0 saturated carbocycles. The molecule has 3 aromatic rings. The summed E-state index contributed by atoms with van der Waals surface area (Å²) in [7, 11) is 1.71. The molecule has 3 heterocycles. The van der Waals surface area contributed by atoms with Crippen molar-refractivity contribution in [2.45, 2.75) is 45.8 Å². The van der Waals surface area contributed by atoms with Gasteiger partial charge in [0.05, 0.1) is 11.3 Å². The topological polar surface area (TPSA) is 56.9 Å². The second kappa shape index (κ2) is 8.02. The average molecular weight is 404 g/mol. The SMILES string of the molecule is Cc1cc(C(=O)CSc2nc3ccsc3c(=O)n2C)c(C)n1CCC(C)C. The minimum Gasteiger partial charge on any atom is -0.348 e. The van der Waals surface area contributed by atoms with Crippen molar-refractivity contribution >= 4 is 39.1 Å². The summed E-state index contributed by atoms with van der Waals surface area (Å²) in [6, 6.07) is 3.82. The predicted molar refractivity (Wildman–Crippen MR) is 113 cm³/mol. The maximum atomic E-state index is 12.8. The molecule has 144 valence electrons. The Hall–Kier alpha value is -1.86. The number of hydrogen-bond acceptors (Lipinski definition) is 5. The Balaban J connectivity index is 1.78. The molecular weight excluding hydrogens is 378 g/mol. The van der Waals surface area contributed by atoms with Crippen molar-refractivity contribution in [2.75, 3.05) is 5.75 Å². The molecule has 0 aliphatic rings. The van der Waals surface area contributed by atoms with Crippen molar-refractivity contribution in [1.29, 1.82) is 0 Å². The van der Waals surface area contributed by atoms with Gasteiger partial charge in [-0.2, -0.15) is 0 Å². The van der Waals surface area contributed by atoms with E-state index in [-0.39, 0.29) is 17.1 Å². The summed E-state index contributed by atoms with van der Waals surface area (Å²) in [4.78, 5) is 29.7. The molecular formula is C20H25N3O2S2. The third-order valence-corrected chi connectivity index (χ3v) is 6.70. The molecule has 0 N–H and O–H groups in total. The van der Waals surface area contributed by atoms with Gasteiger partial charge < -0.3 is 4.57 Å². The maximum Gasteiger partial charge on any atom is 0.271 e. The summed E-state index contributed by atoms with van der Waals surface area (Å²) in [6.45, 7) is 9.40. The summed E-state index contributed by atoms with van der Waals surface area (Å²) in [5.41, 5.74) is 3.55. The Bertz CT molecular complexity index is 1040. The van der Waals surface area contributed by atoms with Crippen LogP contribution < -0.4 is 5.56 Å². The Morgan fingerprint density at radius 1 is 1.33 bits per heavy atom. The van der Waals surface area contributed by atoms with Crippen LogP contribution in [0.1, 0.15) is 42.0 Å². The van der Waals surface area contributed by atoms with Gasteiger partial charge in [0.1, 0.15) is 4.70 Å². The van der Waals surface area contributed by atoms with E-state index < -0.39 is 0 Å². The smallest absolute Gasteiger partial charge is 0.271 e. The van der Waals surface area contributed by atoms with Crippen LogP contribution in [0, 0.1) is 19.8 Å². The Labute approximate surface area is 167 Å². The van der Waals surface area contributed by atoms with Gasteiger partial charge in [0.2, 0.25) is 0 Å². The second-order valence-corrected chi connectivity index (χ2v) is 9.08. The predicted octanol–water partition coefficient (Wildman–Crippen LogP) is 4.43. The molecule has 0 spiro atoms. The molecule has 0 aliphatic heterocycles. The summed E-state index contributed by atoms with van der Waals surface area (Å²) in [5, 5.41) is 2.44. The lowest BCUT2D eigenvalue weighted by Crippen LogP contribution is -2.19. The molecule has 27 heavy (non-hydrogen) atoms. The molecule has 0 aromatic carbocycles. The number of ketones is 1. The zero-order valence-corrected chi connectivity index (χ0v) is 18.0. The largest absolute Gasteiger partial charge is 0.348 e. The molecule has 0 amide bonds. The molecule has 0 radical (unpaired) electrons. The van der Waals surface area contributed by atoms with Gasteiger partial charge in [-0.1, -0.05) is 25.6 Å². The van der Waals surface area contributed by atoms with Crippen LogP contribution in [0.2, 0.25) is 0 Å². The quantitative estimate of drug-likeness (QED) is 0.333. The molecule has 3 aromatic heterocycles. The number of fused-ring (bicyclic) bond motifs is 1. The molecule has 0 saturated heterocycles. The molecule has 5 nitrogen and oxygen atoms in total. The summed E-state index contributed by atoms with van der Waals surface area (Å²) in [5.74, 6) is 0.966. The number of thioether (sulfide) groups is 1. The molecule has 0 fully saturated rings. The minimum absolute atomic E-state index is 0.0585. The van der Waals surface area contributed by atoms with Gasteiger partial charge in [-0.15, -0.1) is 11.3 Å². The molecule has 7 heteroatoms. The number of carbonyl (C=O) groups is 1. The van der Waals surface area contributed by atoms with E-state index in [9.17, 15) is 9.59 Å². The van der Waals surface area contributed by atoms with Gasteiger partial charge >= 0.3 is 0 Å². The normalized spacial score (nSPS) is 11.6. The van der Waals surface area contributed by atoms with Gasteiger partial charge in [-0.3, -0.25) is 14.2 Å². The van der Waals surface area contributed by atoms with E-state index in [1.54, 1.807) is 7.05 Å². The fourth-order valence-electron chi connectivity index (χ4n) is 3.12. The van der Waals surface area contributed by atoms with Crippen LogP contribution in [0.15, 0.2) is 27.5 Å². The summed E-state index contributed by atoms with van der Waals surface area (Å²) < 4.78 is 4.41. The van der Waals surface area contributed by atoms with Crippen molar-refractivity contribution < 1.29 is 4.79 Å². The first kappa shape index (κ1) is 19.9. The van der Waals surface area contributed by atoms with Crippen LogP contribution in [0.4, 0.5) is 0 Å². The zero-order chi connectivity index (χ0) is 19.7. The van der Waals surface area contributed by atoms with Crippen molar-refractivity contribution in [2.24, 2.45) is 13.0 Å². The van der Waals surface area contributed by atoms with E-state index in [4.69, 9.17) is 0 Å². The zero-order valence-electron chi connectivity index (χ0n) is 16.4. The third-order valence-electron chi connectivity index (χ3n) is 4.78. The highest BCUT2D eigenvalue weighted by Crippen LogP contribution is 2.23. The lowest BCUT2D eigenvalue weighted by Gasteiger charge is -2.11. The fourth-order valence-corrected chi connectivity index (χ4v) is 4.78. The highest BCUT2D eigenvalue weighted by atomic mass is 32.2. The number of rotatable bonds is 7. The number of aromatic nitrogens is 3. The standard InChI is InChI=1S/C20H25N3O2S2/c1-12(2)6-8-23-13(3)10-15(14(23)4)17(24)11-27-20-21-16-7-9-26-18(16)19(25)22(20)5/h7,9-10,12H,6,8,11H2,1-5H3. The number of aryl methyl sites for hydroxylation is 1. The van der Waals surface area contributed by atoms with E-state index in [1.807, 2.05) is 31.4 Å². The molecule has 0 atom stereocenters. The number of hydrogen-bond donors (Lipinski definition) is 0. The first-order chi connectivity index (χ1) is 12.8. The van der Waals surface area contributed by atoms with Gasteiger partial charge in [0, 0.05) is 30.5 Å². The van der Waals surface area contributed by atoms with E-state index >= 15 is 0 Å². The van der Waals surface area contributed by atoms with Crippen LogP contribution in [-0.2, 0) is 13.6 Å². The number of nitrogens with zero attached hydrogens (tertiary/aromatic N) is 3. The Morgan fingerprint density at radius 2 is 2.07 bits per heavy atom. The van der Waals surface area contributed by atoms with Crippen LogP contribution in [-0.4, -0.2) is 25.7 Å². The maximum absolute atomic E-state index is 12.8. The van der Waals surface area contributed by atoms with Crippen LogP contribution in [0.5, 0.6) is 0 Å². The van der Waals surface area contributed by atoms with Crippen LogP contribution in [0.3, 0.4) is 0 Å². The van der Waals surface area contributed by atoms with Crippen molar-refractivity contribution in [1.82, 2.24) is 14.1 Å². The lowest BCUT2D eigenvalue weighted by molar-refractivity contribution is 0.102. The number of Topliss-reactive ketones (excluding diaryl/α,β-unsaturated/α-hetero) is 1. The van der Waals surface area contributed by atoms with Crippen molar-refractivity contribution in [3.8, 4) is 0 Å². The van der Waals surface area contributed by atoms with Gasteiger partial charge in [-0.25, -0.2) is 4.98 Å². The molecule has 0 aliphatic carbocycles. The summed E-state index contributed by atoms with van der Waals surface area (Å²) >= 11 is 2.72. The minimum atomic E-state index is -0.0585. The van der Waals surface area contributed by atoms with E-state index in [0.717, 1.165) is 29.9 Å². The van der Waals surface area contributed by atoms with E-state index in [1.165, 1.54) is 27.7 Å². The lowest BCUT2D eigenvalue weighted by atomic mass is 10.1. The highest BCUT2D eigenvalue weighted by Gasteiger charge is 2.18. The van der Waals surface area contributed by atoms with Gasteiger partial charge in [0.25, 0.3) is 5.56 Å². The fraction of sp³-hybridized carbons (Fsp3) is 0.450. The molecule has 3 rings (SSSR count). The highest BCUT2D eigenvalue weighted by molar-refractivity contribution is 7.99. The van der Waals surface area contributed by atoms with Gasteiger partial charge in [-0.05, 0) is 43.7 Å². The van der Waals surface area contributed by atoms with E-state index in [0.29, 0.717) is 21.3 Å². The van der Waals surface area contributed by atoms with Gasteiger partial charge in [0.15, 0.2) is 10.9 Å². The second-order valence-electron chi connectivity index (χ2n) is 7.22. The Morgan fingerprint density at radius 3 is 2.78 bits per heavy atom. The third kappa shape index (κ3) is 4.04. The Kier molecular flexibility index (Phi) is 5.91. The molecule has 0 bridgehead atoms. The number of carbonyl (C=O) groups excluding carboxylic acids is 1. The van der Waals surface area contributed by atoms with E-state index in [2.05, 4.69) is 23.4 Å². The van der Waals surface area contributed by atoms with Crippen LogP contribution in [0.25, 0.3) is 10.2 Å². The first-order valence-corrected chi connectivity index (χ1v) is 10.9.